The predicted octanol–water partition coefficient (Wildman–Crippen LogP) is 12.2. The van der Waals surface area contributed by atoms with Gasteiger partial charge in [0.2, 0.25) is 5.91 Å². The largest absolute Gasteiger partial charge is 0.394 e. The van der Waals surface area contributed by atoms with Crippen LogP contribution in [-0.4, -0.2) is 140 Å². The highest BCUT2D eigenvalue weighted by molar-refractivity contribution is 5.76. The van der Waals surface area contributed by atoms with Crippen LogP contribution in [0.15, 0.2) is 97.2 Å². The monoisotopic (exact) mass is 1160 g/mol. The lowest BCUT2D eigenvalue weighted by Crippen LogP contribution is -2.65. The number of ether oxygens (including phenoxy) is 4. The molecule has 2 rings (SSSR count). The first-order valence-corrected chi connectivity index (χ1v) is 32.5. The van der Waals surface area contributed by atoms with Gasteiger partial charge in [-0.15, -0.1) is 0 Å². The minimum atomic E-state index is -1.80. The molecule has 2 aliphatic rings. The molecule has 12 unspecified atom stereocenters. The normalized spacial score (nSPS) is 24.6. The maximum Gasteiger partial charge on any atom is 0.220 e. The van der Waals surface area contributed by atoms with Crippen molar-refractivity contribution in [1.82, 2.24) is 5.32 Å². The molecule has 0 saturated carbocycles. The molecule has 9 N–H and O–H groups in total. The molecular formula is C68H117NO13. The summed E-state index contributed by atoms with van der Waals surface area (Å²) in [6.45, 7) is 2.65. The molecule has 14 heteroatoms. The lowest BCUT2D eigenvalue weighted by Gasteiger charge is -2.46. The van der Waals surface area contributed by atoms with E-state index < -0.39 is 86.8 Å². The highest BCUT2D eigenvalue weighted by Crippen LogP contribution is 2.30. The van der Waals surface area contributed by atoms with Gasteiger partial charge in [0.15, 0.2) is 12.6 Å². The second-order valence-corrected chi connectivity index (χ2v) is 22.5. The van der Waals surface area contributed by atoms with E-state index in [1.165, 1.54) is 109 Å². The number of unbranched alkanes of at least 4 members (excludes halogenated alkanes) is 24. The highest BCUT2D eigenvalue weighted by atomic mass is 16.7. The molecule has 1 amide bonds. The summed E-state index contributed by atoms with van der Waals surface area (Å²) in [5, 5.41) is 87.2. The number of nitrogens with one attached hydrogen (secondary N) is 1. The Morgan fingerprint density at radius 2 is 0.854 bits per heavy atom. The van der Waals surface area contributed by atoms with Crippen molar-refractivity contribution < 1.29 is 64.6 Å². The molecule has 2 aliphatic heterocycles. The van der Waals surface area contributed by atoms with Crippen LogP contribution in [-0.2, 0) is 23.7 Å². The molecule has 2 heterocycles. The quantitative estimate of drug-likeness (QED) is 0.0204. The van der Waals surface area contributed by atoms with Crippen LogP contribution in [0.5, 0.6) is 0 Å². The van der Waals surface area contributed by atoms with Gasteiger partial charge in [-0.2, -0.15) is 0 Å². The van der Waals surface area contributed by atoms with Crippen LogP contribution < -0.4 is 5.32 Å². The van der Waals surface area contributed by atoms with E-state index in [0.29, 0.717) is 12.8 Å². The Morgan fingerprint density at radius 1 is 0.451 bits per heavy atom. The summed E-state index contributed by atoms with van der Waals surface area (Å²) in [4.78, 5) is 13.3. The van der Waals surface area contributed by atoms with E-state index in [1.54, 1.807) is 6.08 Å². The van der Waals surface area contributed by atoms with Gasteiger partial charge >= 0.3 is 0 Å². The van der Waals surface area contributed by atoms with Crippen molar-refractivity contribution >= 4 is 5.91 Å². The SMILES string of the molecule is CC/C=C\C/C=C\C/C=C\C/C=C\C/C=C\CCCCCCCC(=O)NC(COC1OC(CO)C(OC2OC(CO)C(O)C(O)C2O)C(O)C1O)C(O)/C=C/CC/C=C/CC/C=C/CCCCCCCCCCCCCCCCCCC. The van der Waals surface area contributed by atoms with Crippen molar-refractivity contribution in [2.45, 2.75) is 306 Å². The standard InChI is InChI=1S/C68H117NO13/c1-3-5-7-9-11-13-15-17-19-21-23-25-26-27-28-29-30-32-33-35-37-39-41-43-45-47-49-51-57(72)56(55-79-67-65(78)63(76)66(59(54-71)81-67)82-68-64(77)62(75)61(74)58(53-70)80-68)69-60(73)52-50-48-46-44-42-40-38-36-34-31-24-22-20-18-16-14-12-10-8-6-4-2/h6,8,12,14,18,20,24,31,33,35-36,38,41,43,49,51,56-59,61-68,70-72,74-78H,3-5,7,9-11,13,15-17,19,21-23,25-30,32,34,37,39-40,42,44-48,50,52-55H2,1-2H3,(H,69,73)/b8-6-,14-12-,20-18-,31-24-,35-33+,38-36-,43-41+,51-49+. The third-order valence-corrected chi connectivity index (χ3v) is 15.2. The Bertz CT molecular complexity index is 1740. The third kappa shape index (κ3) is 36.7. The first-order valence-electron chi connectivity index (χ1n) is 32.5. The van der Waals surface area contributed by atoms with Crippen LogP contribution in [0.4, 0.5) is 0 Å². The van der Waals surface area contributed by atoms with Crippen molar-refractivity contribution in [2.24, 2.45) is 0 Å². The Labute approximate surface area is 496 Å². The summed E-state index contributed by atoms with van der Waals surface area (Å²) in [5.41, 5.74) is 0. The molecular weight excluding hydrogens is 1040 g/mol. The van der Waals surface area contributed by atoms with Crippen molar-refractivity contribution in [3.05, 3.63) is 97.2 Å². The Kier molecular flexibility index (Phi) is 47.8. The average molecular weight is 1160 g/mol. The molecule has 0 aromatic rings. The zero-order chi connectivity index (χ0) is 59.5. The maximum absolute atomic E-state index is 13.3. The van der Waals surface area contributed by atoms with E-state index in [2.05, 4.69) is 104 Å². The van der Waals surface area contributed by atoms with Crippen molar-refractivity contribution in [3.63, 3.8) is 0 Å². The Hall–Kier alpha value is -3.09. The van der Waals surface area contributed by atoms with Crippen LogP contribution in [0.3, 0.4) is 0 Å². The molecule has 0 aromatic heterocycles. The van der Waals surface area contributed by atoms with Crippen LogP contribution in [0.2, 0.25) is 0 Å². The van der Waals surface area contributed by atoms with E-state index in [1.807, 2.05) is 6.08 Å². The minimum Gasteiger partial charge on any atom is -0.394 e. The Balaban J connectivity index is 1.76. The molecule has 472 valence electrons. The summed E-state index contributed by atoms with van der Waals surface area (Å²) >= 11 is 0. The number of hydrogen-bond acceptors (Lipinski definition) is 13. The first-order chi connectivity index (χ1) is 40.1. The van der Waals surface area contributed by atoms with Gasteiger partial charge in [-0.1, -0.05) is 233 Å². The molecule has 82 heavy (non-hydrogen) atoms. The number of carbonyl (C=O) groups is 1. The summed E-state index contributed by atoms with van der Waals surface area (Å²) < 4.78 is 22.8. The van der Waals surface area contributed by atoms with E-state index in [9.17, 15) is 45.6 Å². The van der Waals surface area contributed by atoms with Gasteiger partial charge < -0.3 is 65.1 Å². The van der Waals surface area contributed by atoms with Crippen molar-refractivity contribution in [3.8, 4) is 0 Å². The van der Waals surface area contributed by atoms with E-state index >= 15 is 0 Å². The van der Waals surface area contributed by atoms with Gasteiger partial charge in [0, 0.05) is 6.42 Å². The van der Waals surface area contributed by atoms with Gasteiger partial charge in [-0.25, -0.2) is 0 Å². The summed E-state index contributed by atoms with van der Waals surface area (Å²) in [7, 11) is 0. The zero-order valence-electron chi connectivity index (χ0n) is 50.9. The summed E-state index contributed by atoms with van der Waals surface area (Å²) in [6.07, 6.45) is 56.0. The van der Waals surface area contributed by atoms with Crippen LogP contribution in [0, 0.1) is 0 Å². The second kappa shape index (κ2) is 52.3. The lowest BCUT2D eigenvalue weighted by atomic mass is 9.97. The van der Waals surface area contributed by atoms with Crippen LogP contribution >= 0.6 is 0 Å². The molecule has 0 aromatic carbocycles. The predicted molar refractivity (Wildman–Crippen MR) is 332 cm³/mol. The summed E-state index contributed by atoms with van der Waals surface area (Å²) in [5.74, 6) is -0.275. The number of hydrogen-bond donors (Lipinski definition) is 9. The number of amides is 1. The van der Waals surface area contributed by atoms with Crippen LogP contribution in [0.25, 0.3) is 0 Å². The number of rotatable bonds is 51. The van der Waals surface area contributed by atoms with Gasteiger partial charge in [0.25, 0.3) is 0 Å². The molecule has 0 aliphatic carbocycles. The fourth-order valence-electron chi connectivity index (χ4n) is 10.1. The number of carbonyl (C=O) groups excluding carboxylic acids is 1. The number of allylic oxidation sites excluding steroid dienone is 15. The van der Waals surface area contributed by atoms with E-state index in [0.717, 1.165) is 89.9 Å². The smallest absolute Gasteiger partial charge is 0.220 e. The first kappa shape index (κ1) is 75.0. The maximum atomic E-state index is 13.3. The van der Waals surface area contributed by atoms with E-state index in [4.69, 9.17) is 18.9 Å². The molecule has 2 saturated heterocycles. The van der Waals surface area contributed by atoms with Gasteiger partial charge in [0.05, 0.1) is 32.0 Å². The Morgan fingerprint density at radius 3 is 1.34 bits per heavy atom. The lowest BCUT2D eigenvalue weighted by molar-refractivity contribution is -0.359. The highest BCUT2D eigenvalue weighted by Gasteiger charge is 2.51. The molecule has 14 nitrogen and oxygen atoms in total. The zero-order valence-corrected chi connectivity index (χ0v) is 50.9. The van der Waals surface area contributed by atoms with Crippen molar-refractivity contribution in [2.75, 3.05) is 19.8 Å². The van der Waals surface area contributed by atoms with Crippen molar-refractivity contribution in [1.29, 1.82) is 0 Å². The third-order valence-electron chi connectivity index (χ3n) is 15.2. The number of aliphatic hydroxyl groups is 8. The van der Waals surface area contributed by atoms with Gasteiger partial charge in [0.1, 0.15) is 48.8 Å². The molecule has 0 bridgehead atoms. The molecule has 0 spiro atoms. The van der Waals surface area contributed by atoms with Crippen LogP contribution in [0.1, 0.15) is 232 Å². The average Bonchev–Trinajstić information content (AvgIpc) is 3.66. The fourth-order valence-corrected chi connectivity index (χ4v) is 10.1. The fraction of sp³-hybridized carbons (Fsp3) is 0.750. The van der Waals surface area contributed by atoms with E-state index in [-0.39, 0.29) is 18.9 Å². The molecule has 2 fully saturated rings. The second-order valence-electron chi connectivity index (χ2n) is 22.5. The topological polar surface area (TPSA) is 228 Å². The summed E-state index contributed by atoms with van der Waals surface area (Å²) in [6, 6.07) is -0.956. The molecule has 0 radical (unpaired) electrons. The number of aliphatic hydroxyl groups excluding tert-OH is 8. The van der Waals surface area contributed by atoms with Gasteiger partial charge in [-0.05, 0) is 89.9 Å². The minimum absolute atomic E-state index is 0.242. The van der Waals surface area contributed by atoms with Gasteiger partial charge in [-0.3, -0.25) is 4.79 Å². The molecule has 12 atom stereocenters.